The van der Waals surface area contributed by atoms with Crippen LogP contribution in [0.1, 0.15) is 27.4 Å². The van der Waals surface area contributed by atoms with Crippen molar-refractivity contribution < 1.29 is 23.5 Å². The van der Waals surface area contributed by atoms with Gasteiger partial charge in [-0.3, -0.25) is 0 Å². The molecule has 0 amide bonds. The largest absolute Gasteiger partial charge is 0.493 e. The Morgan fingerprint density at radius 2 is 1.86 bits per heavy atom. The molecule has 0 aliphatic carbocycles. The van der Waals surface area contributed by atoms with E-state index in [1.807, 2.05) is 0 Å². The lowest BCUT2D eigenvalue weighted by Crippen LogP contribution is -2.08. The molecule has 1 heterocycles. The number of esters is 1. The summed E-state index contributed by atoms with van der Waals surface area (Å²) in [6, 6.07) is 3.52. The summed E-state index contributed by atoms with van der Waals surface area (Å²) in [4.78, 5) is 12.1. The van der Waals surface area contributed by atoms with E-state index in [1.54, 1.807) is 40.2 Å². The fourth-order valence-corrected chi connectivity index (χ4v) is 2.43. The van der Waals surface area contributed by atoms with Gasteiger partial charge in [-0.15, -0.1) is 0 Å². The number of ether oxygens (including phenoxy) is 3. The van der Waals surface area contributed by atoms with Crippen LogP contribution in [-0.4, -0.2) is 25.3 Å². The van der Waals surface area contributed by atoms with Crippen molar-refractivity contribution in [3.63, 3.8) is 0 Å². The predicted octanol–water partition coefficient (Wildman–Crippen LogP) is 3.43. The van der Waals surface area contributed by atoms with Crippen LogP contribution in [0.2, 0.25) is 0 Å². The first-order chi connectivity index (χ1) is 10.5. The van der Waals surface area contributed by atoms with Crippen LogP contribution in [0.25, 0.3) is 0 Å². The third-order valence-corrected chi connectivity index (χ3v) is 3.89. The summed E-state index contributed by atoms with van der Waals surface area (Å²) in [5.74, 6) is 1.12. The number of rotatable bonds is 5. The molecule has 7 heteroatoms. The molecule has 0 saturated heterocycles. The molecule has 1 aromatic heterocycles. The van der Waals surface area contributed by atoms with E-state index >= 15 is 0 Å². The Bertz CT molecular complexity index is 676. The second-order valence-electron chi connectivity index (χ2n) is 4.57. The predicted molar refractivity (Wildman–Crippen MR) is 82.3 cm³/mol. The molecule has 0 bridgehead atoms. The Morgan fingerprint density at radius 3 is 2.41 bits per heavy atom. The molecule has 0 fully saturated rings. The Hall–Kier alpha value is -2.02. The molecule has 22 heavy (non-hydrogen) atoms. The zero-order valence-corrected chi connectivity index (χ0v) is 14.3. The van der Waals surface area contributed by atoms with Crippen LogP contribution < -0.4 is 9.47 Å². The molecule has 6 nitrogen and oxygen atoms in total. The van der Waals surface area contributed by atoms with Gasteiger partial charge in [0.1, 0.15) is 17.9 Å². The van der Waals surface area contributed by atoms with Gasteiger partial charge in [0, 0.05) is 10.0 Å². The number of aryl methyl sites for hydroxylation is 2. The molecule has 0 N–H and O–H groups in total. The maximum atomic E-state index is 12.1. The molecule has 2 rings (SSSR count). The monoisotopic (exact) mass is 369 g/mol. The maximum absolute atomic E-state index is 12.1. The summed E-state index contributed by atoms with van der Waals surface area (Å²) < 4.78 is 21.5. The van der Waals surface area contributed by atoms with Crippen molar-refractivity contribution in [3.8, 4) is 11.5 Å². The highest BCUT2D eigenvalue weighted by Gasteiger charge is 2.19. The summed E-state index contributed by atoms with van der Waals surface area (Å²) >= 11 is 3.42. The van der Waals surface area contributed by atoms with E-state index in [1.165, 1.54) is 0 Å². The number of benzene rings is 1. The number of nitrogens with zero attached hydrogens (tertiary/aromatic N) is 1. The quantitative estimate of drug-likeness (QED) is 0.751. The van der Waals surface area contributed by atoms with E-state index in [9.17, 15) is 4.79 Å². The second kappa shape index (κ2) is 6.83. The molecule has 118 valence electrons. The lowest BCUT2D eigenvalue weighted by Gasteiger charge is -2.12. The Balaban J connectivity index is 2.16. The first-order valence-electron chi connectivity index (χ1n) is 6.48. The molecule has 0 unspecified atom stereocenters. The summed E-state index contributed by atoms with van der Waals surface area (Å²) in [5, 5.41) is 3.74. The third-order valence-electron chi connectivity index (χ3n) is 3.15. The van der Waals surface area contributed by atoms with Crippen LogP contribution in [0.4, 0.5) is 0 Å². The minimum Gasteiger partial charge on any atom is -0.493 e. The summed E-state index contributed by atoms with van der Waals surface area (Å²) in [6.07, 6.45) is 0. The van der Waals surface area contributed by atoms with Crippen LogP contribution in [0.3, 0.4) is 0 Å². The topological polar surface area (TPSA) is 70.8 Å². The van der Waals surface area contributed by atoms with Gasteiger partial charge in [-0.05, 0) is 26.0 Å². The molecule has 1 aromatic carbocycles. The molecule has 0 aliphatic rings. The van der Waals surface area contributed by atoms with Gasteiger partial charge in [-0.25, -0.2) is 4.79 Å². The van der Waals surface area contributed by atoms with E-state index in [2.05, 4.69) is 21.1 Å². The summed E-state index contributed by atoms with van der Waals surface area (Å²) in [6.45, 7) is 3.45. The van der Waals surface area contributed by atoms with Crippen LogP contribution in [0.15, 0.2) is 21.1 Å². The number of hydrogen-bond acceptors (Lipinski definition) is 6. The number of halogens is 1. The highest BCUT2D eigenvalue weighted by molar-refractivity contribution is 9.10. The van der Waals surface area contributed by atoms with Crippen molar-refractivity contribution >= 4 is 21.9 Å². The van der Waals surface area contributed by atoms with Crippen molar-refractivity contribution in [3.05, 3.63) is 39.2 Å². The molecule has 0 atom stereocenters. The van der Waals surface area contributed by atoms with E-state index in [4.69, 9.17) is 18.7 Å². The van der Waals surface area contributed by atoms with Gasteiger partial charge in [0.25, 0.3) is 0 Å². The van der Waals surface area contributed by atoms with Crippen molar-refractivity contribution in [2.24, 2.45) is 0 Å². The van der Waals surface area contributed by atoms with Crippen LogP contribution >= 0.6 is 15.9 Å². The van der Waals surface area contributed by atoms with Gasteiger partial charge in [0.05, 0.1) is 19.9 Å². The van der Waals surface area contributed by atoms with Crippen molar-refractivity contribution in [2.75, 3.05) is 14.2 Å². The lowest BCUT2D eigenvalue weighted by atomic mass is 10.2. The van der Waals surface area contributed by atoms with Gasteiger partial charge in [0.2, 0.25) is 0 Å². The number of carbonyl (C=O) groups excluding carboxylic acids is 1. The normalized spacial score (nSPS) is 10.4. The van der Waals surface area contributed by atoms with E-state index in [0.29, 0.717) is 28.5 Å². The smallest absolute Gasteiger partial charge is 0.344 e. The third kappa shape index (κ3) is 3.24. The number of aromatic nitrogens is 1. The number of methoxy groups -OCH3 is 2. The summed E-state index contributed by atoms with van der Waals surface area (Å²) in [5.41, 5.74) is 1.63. The molecular weight excluding hydrogens is 354 g/mol. The van der Waals surface area contributed by atoms with Crippen molar-refractivity contribution in [1.82, 2.24) is 5.16 Å². The number of hydrogen-bond donors (Lipinski definition) is 0. The van der Waals surface area contributed by atoms with Gasteiger partial charge >= 0.3 is 5.97 Å². The van der Waals surface area contributed by atoms with Gasteiger partial charge in [-0.2, -0.15) is 0 Å². The molecule has 0 radical (unpaired) electrons. The van der Waals surface area contributed by atoms with Crippen molar-refractivity contribution in [2.45, 2.75) is 20.5 Å². The highest BCUT2D eigenvalue weighted by atomic mass is 79.9. The fraction of sp³-hybridized carbons (Fsp3) is 0.333. The van der Waals surface area contributed by atoms with Crippen molar-refractivity contribution in [1.29, 1.82) is 0 Å². The summed E-state index contributed by atoms with van der Waals surface area (Å²) in [7, 11) is 3.10. The average Bonchev–Trinajstić information content (AvgIpc) is 2.84. The molecule has 0 spiro atoms. The average molecular weight is 370 g/mol. The second-order valence-corrected chi connectivity index (χ2v) is 5.43. The molecular formula is C15H16BrNO5. The van der Waals surface area contributed by atoms with Crippen LogP contribution in [-0.2, 0) is 11.3 Å². The van der Waals surface area contributed by atoms with Crippen LogP contribution in [0.5, 0.6) is 11.5 Å². The zero-order valence-electron chi connectivity index (χ0n) is 12.7. The SMILES string of the molecule is COc1cc(Br)c(COC(=O)c2c(C)noc2C)cc1OC. The Labute approximate surface area is 136 Å². The fourth-order valence-electron chi connectivity index (χ4n) is 2.00. The lowest BCUT2D eigenvalue weighted by molar-refractivity contribution is 0.0469. The first-order valence-corrected chi connectivity index (χ1v) is 7.27. The standard InChI is InChI=1S/C15H16BrNO5/c1-8-14(9(2)22-17-8)15(18)21-7-10-5-12(19-3)13(20-4)6-11(10)16/h5-6H,7H2,1-4H3. The Morgan fingerprint density at radius 1 is 1.23 bits per heavy atom. The van der Waals surface area contributed by atoms with Crippen LogP contribution in [0, 0.1) is 13.8 Å². The van der Waals surface area contributed by atoms with E-state index in [-0.39, 0.29) is 6.61 Å². The maximum Gasteiger partial charge on any atom is 0.344 e. The highest BCUT2D eigenvalue weighted by Crippen LogP contribution is 2.33. The Kier molecular flexibility index (Phi) is 5.07. The first kappa shape index (κ1) is 16.4. The minimum atomic E-state index is -0.474. The van der Waals surface area contributed by atoms with Gasteiger partial charge in [-0.1, -0.05) is 21.1 Å². The molecule has 2 aromatic rings. The minimum absolute atomic E-state index is 0.0871. The van der Waals surface area contributed by atoms with Gasteiger partial charge < -0.3 is 18.7 Å². The zero-order chi connectivity index (χ0) is 16.3. The van der Waals surface area contributed by atoms with E-state index in [0.717, 1.165) is 10.0 Å². The molecule has 0 saturated carbocycles. The van der Waals surface area contributed by atoms with Gasteiger partial charge in [0.15, 0.2) is 11.5 Å². The number of carbonyl (C=O) groups is 1. The molecule has 0 aliphatic heterocycles. The van der Waals surface area contributed by atoms with E-state index < -0.39 is 5.97 Å².